The van der Waals surface area contributed by atoms with E-state index in [0.29, 0.717) is 16.8 Å². The fraction of sp³-hybridized carbons (Fsp3) is 0.364. The maximum Gasteiger partial charge on any atom is 0.260 e. The van der Waals surface area contributed by atoms with Gasteiger partial charge in [-0.25, -0.2) is 13.6 Å². The van der Waals surface area contributed by atoms with Gasteiger partial charge in [0.2, 0.25) is 10.0 Å². The van der Waals surface area contributed by atoms with E-state index in [1.54, 1.807) is 7.05 Å². The molecule has 106 valence electrons. The number of nitrogens with zero attached hydrogens (tertiary/aromatic N) is 1. The minimum atomic E-state index is -3.75. The fourth-order valence-electron chi connectivity index (χ4n) is 1.20. The van der Waals surface area contributed by atoms with Crippen LogP contribution in [-0.2, 0) is 14.8 Å². The highest BCUT2D eigenvalue weighted by Gasteiger charge is 2.13. The predicted molar refractivity (Wildman–Crippen MR) is 74.3 cm³/mol. The summed E-state index contributed by atoms with van der Waals surface area (Å²) in [6, 6.07) is 4.10. The molecule has 0 radical (unpaired) electrons. The second-order valence-corrected chi connectivity index (χ2v) is 6.25. The summed E-state index contributed by atoms with van der Waals surface area (Å²) in [5.74, 6) is 0.218. The van der Waals surface area contributed by atoms with Gasteiger partial charge < -0.3 is 9.64 Å². The largest absolute Gasteiger partial charge is 0.483 e. The van der Waals surface area contributed by atoms with E-state index >= 15 is 0 Å². The average Bonchev–Trinajstić information content (AvgIpc) is 2.34. The number of nitrogens with two attached hydrogens (primary N) is 1. The van der Waals surface area contributed by atoms with E-state index in [-0.39, 0.29) is 17.4 Å². The topological polar surface area (TPSA) is 89.7 Å². The summed E-state index contributed by atoms with van der Waals surface area (Å²) < 4.78 is 28.0. The van der Waals surface area contributed by atoms with E-state index in [0.717, 1.165) is 0 Å². The Morgan fingerprint density at radius 1 is 1.47 bits per heavy atom. The van der Waals surface area contributed by atoms with Crippen LogP contribution in [0.15, 0.2) is 27.6 Å². The number of likely N-dealkylation sites (N-methyl/N-ethyl adjacent to an activating group) is 1. The third-order valence-electron chi connectivity index (χ3n) is 2.48. The summed E-state index contributed by atoms with van der Waals surface area (Å²) in [4.78, 5) is 13.1. The Morgan fingerprint density at radius 2 is 2.11 bits per heavy atom. The van der Waals surface area contributed by atoms with Crippen molar-refractivity contribution in [3.05, 3.63) is 22.7 Å². The van der Waals surface area contributed by atoms with Crippen molar-refractivity contribution in [2.45, 2.75) is 11.8 Å². The van der Waals surface area contributed by atoms with Crippen LogP contribution in [0.1, 0.15) is 6.92 Å². The first-order chi connectivity index (χ1) is 8.75. The van der Waals surface area contributed by atoms with Crippen molar-refractivity contribution in [2.24, 2.45) is 5.14 Å². The number of sulfonamides is 1. The highest BCUT2D eigenvalue weighted by atomic mass is 79.9. The zero-order chi connectivity index (χ0) is 14.6. The molecule has 6 nitrogen and oxygen atoms in total. The van der Waals surface area contributed by atoms with E-state index < -0.39 is 10.0 Å². The fourth-order valence-corrected chi connectivity index (χ4v) is 2.39. The molecule has 0 unspecified atom stereocenters. The van der Waals surface area contributed by atoms with E-state index in [1.807, 2.05) is 6.92 Å². The number of hydrogen-bond acceptors (Lipinski definition) is 4. The minimum absolute atomic E-state index is 0.0243. The molecular formula is C11H15BrN2O4S. The number of carbonyl (C=O) groups is 1. The number of amides is 1. The number of ether oxygens (including phenoxy) is 1. The quantitative estimate of drug-likeness (QED) is 0.855. The van der Waals surface area contributed by atoms with Crippen molar-refractivity contribution >= 4 is 31.9 Å². The van der Waals surface area contributed by atoms with Crippen LogP contribution in [0.25, 0.3) is 0 Å². The smallest absolute Gasteiger partial charge is 0.260 e. The number of benzene rings is 1. The Labute approximate surface area is 120 Å². The van der Waals surface area contributed by atoms with Gasteiger partial charge >= 0.3 is 0 Å². The Morgan fingerprint density at radius 3 is 2.58 bits per heavy atom. The van der Waals surface area contributed by atoms with Crippen molar-refractivity contribution in [1.29, 1.82) is 0 Å². The minimum Gasteiger partial charge on any atom is -0.483 e. The van der Waals surface area contributed by atoms with Gasteiger partial charge in [-0.1, -0.05) is 0 Å². The summed E-state index contributed by atoms with van der Waals surface area (Å²) in [6.45, 7) is 2.33. The van der Waals surface area contributed by atoms with E-state index in [9.17, 15) is 13.2 Å². The third-order valence-corrected chi connectivity index (χ3v) is 4.01. The van der Waals surface area contributed by atoms with Crippen molar-refractivity contribution in [3.8, 4) is 5.75 Å². The lowest BCUT2D eigenvalue weighted by Crippen LogP contribution is -2.31. The zero-order valence-corrected chi connectivity index (χ0v) is 13.0. The van der Waals surface area contributed by atoms with Gasteiger partial charge in [-0.15, -0.1) is 0 Å². The lowest BCUT2D eigenvalue weighted by Gasteiger charge is -2.15. The highest BCUT2D eigenvalue weighted by Crippen LogP contribution is 2.27. The number of halogens is 1. The van der Waals surface area contributed by atoms with Gasteiger partial charge in [0.1, 0.15) is 5.75 Å². The first kappa shape index (κ1) is 15.9. The molecule has 19 heavy (non-hydrogen) atoms. The van der Waals surface area contributed by atoms with Crippen LogP contribution >= 0.6 is 15.9 Å². The first-order valence-electron chi connectivity index (χ1n) is 5.44. The van der Waals surface area contributed by atoms with Crippen LogP contribution in [0.4, 0.5) is 0 Å². The van der Waals surface area contributed by atoms with Crippen molar-refractivity contribution in [1.82, 2.24) is 4.90 Å². The van der Waals surface area contributed by atoms with E-state index in [2.05, 4.69) is 15.9 Å². The number of hydrogen-bond donors (Lipinski definition) is 1. The van der Waals surface area contributed by atoms with Gasteiger partial charge in [-0.05, 0) is 41.1 Å². The van der Waals surface area contributed by atoms with E-state index in [1.165, 1.54) is 23.1 Å². The van der Waals surface area contributed by atoms with Gasteiger partial charge in [-0.2, -0.15) is 0 Å². The SMILES string of the molecule is CCN(C)C(=O)COc1ccc(S(N)(=O)=O)cc1Br. The molecule has 0 aliphatic carbocycles. The van der Waals surface area contributed by atoms with Crippen molar-refractivity contribution in [2.75, 3.05) is 20.2 Å². The van der Waals surface area contributed by atoms with Gasteiger partial charge in [-0.3, -0.25) is 4.79 Å². The summed E-state index contributed by atoms with van der Waals surface area (Å²) in [7, 11) is -2.08. The molecule has 8 heteroatoms. The van der Waals surface area contributed by atoms with E-state index in [4.69, 9.17) is 9.88 Å². The van der Waals surface area contributed by atoms with Crippen LogP contribution < -0.4 is 9.88 Å². The lowest BCUT2D eigenvalue weighted by atomic mass is 10.3. The van der Waals surface area contributed by atoms with Crippen LogP contribution in [0.2, 0.25) is 0 Å². The normalized spacial score (nSPS) is 11.2. The molecule has 0 saturated carbocycles. The molecule has 0 atom stereocenters. The maximum atomic E-state index is 11.6. The van der Waals surface area contributed by atoms with Crippen LogP contribution in [0, 0.1) is 0 Å². The van der Waals surface area contributed by atoms with Gasteiger partial charge in [0.15, 0.2) is 6.61 Å². The Kier molecular flexibility index (Phi) is 5.33. The van der Waals surface area contributed by atoms with Crippen LogP contribution in [0.5, 0.6) is 5.75 Å². The standard InChI is InChI=1S/C11H15BrN2O4S/c1-3-14(2)11(15)7-18-10-5-4-8(6-9(10)12)19(13,16)17/h4-6H,3,7H2,1-2H3,(H2,13,16,17). The number of primary sulfonamides is 1. The second-order valence-electron chi connectivity index (χ2n) is 3.83. The highest BCUT2D eigenvalue weighted by molar-refractivity contribution is 9.10. The molecule has 0 bridgehead atoms. The molecule has 0 aromatic heterocycles. The molecule has 0 aliphatic heterocycles. The average molecular weight is 351 g/mol. The molecule has 1 rings (SSSR count). The van der Waals surface area contributed by atoms with Gasteiger partial charge in [0.05, 0.1) is 9.37 Å². The maximum absolute atomic E-state index is 11.6. The zero-order valence-electron chi connectivity index (χ0n) is 10.6. The monoisotopic (exact) mass is 350 g/mol. The summed E-state index contributed by atoms with van der Waals surface area (Å²) in [6.07, 6.45) is 0. The van der Waals surface area contributed by atoms with Crippen molar-refractivity contribution in [3.63, 3.8) is 0 Å². The van der Waals surface area contributed by atoms with Gasteiger partial charge in [0, 0.05) is 13.6 Å². The molecular weight excluding hydrogens is 336 g/mol. The lowest BCUT2D eigenvalue weighted by molar-refractivity contribution is -0.131. The van der Waals surface area contributed by atoms with Crippen LogP contribution in [0.3, 0.4) is 0 Å². The van der Waals surface area contributed by atoms with Crippen molar-refractivity contribution < 1.29 is 17.9 Å². The Balaban J connectivity index is 2.79. The van der Waals surface area contributed by atoms with Crippen LogP contribution in [-0.4, -0.2) is 39.4 Å². The third kappa shape index (κ3) is 4.48. The second kappa shape index (κ2) is 6.36. The Hall–Kier alpha value is -1.12. The molecule has 1 aromatic carbocycles. The Bertz CT molecular complexity index is 574. The molecule has 0 heterocycles. The molecule has 0 aliphatic rings. The van der Waals surface area contributed by atoms with Gasteiger partial charge in [0.25, 0.3) is 5.91 Å². The first-order valence-corrected chi connectivity index (χ1v) is 7.78. The summed E-state index contributed by atoms with van der Waals surface area (Å²) in [5, 5.41) is 5.01. The predicted octanol–water partition coefficient (Wildman–Crippen LogP) is 0.954. The molecule has 2 N–H and O–H groups in total. The summed E-state index contributed by atoms with van der Waals surface area (Å²) >= 11 is 3.17. The molecule has 0 fully saturated rings. The number of carbonyl (C=O) groups excluding carboxylic acids is 1. The molecule has 0 saturated heterocycles. The molecule has 0 spiro atoms. The molecule has 1 amide bonds. The number of rotatable bonds is 5. The molecule has 1 aromatic rings. The summed E-state index contributed by atoms with van der Waals surface area (Å²) in [5.41, 5.74) is 0.